The number of epoxide rings is 2. The SMILES string of the molecule is C/C(=C\c1csc(C)n1)[C@@H]1C[C@@H]2O[C@]2(C)C[C@@H]2C[C@H]2[C@H](C)[C@H](O)[C@@H](C)C(=O)C(C)(C)[C@@H](O)CC(=O)O1.C/C(=C\c1csc(C)n1)[C@@H]1C[C@@H]2O[C@]2(C)C[C@H]2C[C@@H]2[C@H](C)[C@H](O)[C@@H](C)C(=O)C(C)(C)[C@@H](O)CC(=O)O1. The van der Waals surface area contributed by atoms with Crippen LogP contribution in [0.25, 0.3) is 12.2 Å². The van der Waals surface area contributed by atoms with E-state index in [1.54, 1.807) is 64.2 Å². The van der Waals surface area contributed by atoms with Gasteiger partial charge in [-0.3, -0.25) is 19.2 Å². The topological polar surface area (TPSA) is 218 Å². The van der Waals surface area contributed by atoms with Crippen molar-refractivity contribution in [3.63, 3.8) is 0 Å². The van der Waals surface area contributed by atoms with Crippen molar-refractivity contribution in [2.24, 2.45) is 58.2 Å². The molecule has 400 valence electrons. The van der Waals surface area contributed by atoms with E-state index in [0.717, 1.165) is 58.2 Å². The number of ketones is 2. The molecule has 0 amide bonds. The average molecular weight is 1040 g/mol. The van der Waals surface area contributed by atoms with Crippen LogP contribution < -0.4 is 0 Å². The second-order valence-corrected chi connectivity index (χ2v) is 26.4. The van der Waals surface area contributed by atoms with Crippen LogP contribution in [0.5, 0.6) is 0 Å². The van der Waals surface area contributed by atoms with Crippen molar-refractivity contribution in [3.05, 3.63) is 43.3 Å². The summed E-state index contributed by atoms with van der Waals surface area (Å²) in [5, 5.41) is 49.8. The normalized spacial score (nSPS) is 41.8. The first-order valence-electron chi connectivity index (χ1n) is 26.2. The highest BCUT2D eigenvalue weighted by Crippen LogP contribution is 2.57. The van der Waals surface area contributed by atoms with Crippen molar-refractivity contribution in [1.29, 1.82) is 0 Å². The molecule has 4 N–H and O–H groups in total. The molecule has 4 saturated heterocycles. The monoisotopic (exact) mass is 1040 g/mol. The van der Waals surface area contributed by atoms with E-state index in [-0.39, 0.29) is 59.7 Å². The van der Waals surface area contributed by atoms with Crippen molar-refractivity contribution >= 4 is 58.3 Å². The molecule has 0 unspecified atom stereocenters. The second-order valence-electron chi connectivity index (χ2n) is 24.2. The molecule has 2 aliphatic carbocycles. The molecule has 2 aromatic heterocycles. The Balaban J connectivity index is 0.000000211. The van der Waals surface area contributed by atoms with Crippen molar-refractivity contribution < 1.29 is 58.6 Å². The van der Waals surface area contributed by atoms with Gasteiger partial charge in [0.15, 0.2) is 0 Å². The number of aromatic nitrogens is 2. The highest BCUT2D eigenvalue weighted by Gasteiger charge is 2.60. The molecule has 6 aliphatic rings. The number of Topliss-reactive ketones (excluding diaryl/α,β-unsaturated/α-hetero) is 2. The van der Waals surface area contributed by atoms with E-state index < -0.39 is 71.2 Å². The lowest BCUT2D eigenvalue weighted by molar-refractivity contribution is -0.156. The van der Waals surface area contributed by atoms with E-state index >= 15 is 0 Å². The summed E-state index contributed by atoms with van der Waals surface area (Å²) in [6.45, 7) is 26.0. The zero-order valence-corrected chi connectivity index (χ0v) is 46.6. The minimum Gasteiger partial charge on any atom is -0.458 e. The van der Waals surface area contributed by atoms with Gasteiger partial charge in [0.25, 0.3) is 0 Å². The summed E-state index contributed by atoms with van der Waals surface area (Å²) < 4.78 is 24.1. The van der Waals surface area contributed by atoms with Gasteiger partial charge in [0, 0.05) is 35.4 Å². The van der Waals surface area contributed by atoms with Gasteiger partial charge in [0.05, 0.1) is 92.9 Å². The van der Waals surface area contributed by atoms with Crippen molar-refractivity contribution in [1.82, 2.24) is 9.97 Å². The van der Waals surface area contributed by atoms with Gasteiger partial charge in [-0.15, -0.1) is 22.7 Å². The van der Waals surface area contributed by atoms with E-state index in [1.807, 2.05) is 64.5 Å². The molecule has 0 bridgehead atoms. The smallest absolute Gasteiger partial charge is 0.309 e. The molecule has 18 atom stereocenters. The number of cyclic esters (lactones) is 2. The Morgan fingerprint density at radius 1 is 0.597 bits per heavy atom. The van der Waals surface area contributed by atoms with Gasteiger partial charge in [0.1, 0.15) is 23.8 Å². The summed E-state index contributed by atoms with van der Waals surface area (Å²) >= 11 is 3.13. The van der Waals surface area contributed by atoms with Crippen LogP contribution >= 0.6 is 22.7 Å². The number of fused-ring (bicyclic) bond motifs is 4. The van der Waals surface area contributed by atoms with Crippen molar-refractivity contribution in [2.75, 3.05) is 0 Å². The largest absolute Gasteiger partial charge is 0.458 e. The Morgan fingerprint density at radius 3 is 1.26 bits per heavy atom. The molecule has 14 nitrogen and oxygen atoms in total. The molecule has 6 fully saturated rings. The third-order valence-electron chi connectivity index (χ3n) is 17.7. The maximum Gasteiger partial charge on any atom is 0.309 e. The van der Waals surface area contributed by atoms with Gasteiger partial charge < -0.3 is 39.4 Å². The number of aliphatic hydroxyl groups excluding tert-OH is 4. The summed E-state index contributed by atoms with van der Waals surface area (Å²) in [7, 11) is 0. The predicted molar refractivity (Wildman–Crippen MR) is 276 cm³/mol. The molecule has 2 aromatic rings. The van der Waals surface area contributed by atoms with Crippen LogP contribution in [0.3, 0.4) is 0 Å². The Bertz CT molecular complexity index is 2230. The van der Waals surface area contributed by atoms with Crippen LogP contribution in [0.15, 0.2) is 21.9 Å². The molecule has 0 spiro atoms. The Hall–Kier alpha value is -3.22. The van der Waals surface area contributed by atoms with Gasteiger partial charge in [-0.2, -0.15) is 0 Å². The quantitative estimate of drug-likeness (QED) is 0.166. The van der Waals surface area contributed by atoms with Crippen molar-refractivity contribution in [3.8, 4) is 0 Å². The van der Waals surface area contributed by atoms with Gasteiger partial charge in [-0.25, -0.2) is 9.97 Å². The first kappa shape index (κ1) is 56.5. The fourth-order valence-electron chi connectivity index (χ4n) is 11.9. The van der Waals surface area contributed by atoms with Crippen LogP contribution in [0.4, 0.5) is 0 Å². The Morgan fingerprint density at radius 2 is 0.944 bits per heavy atom. The maximum absolute atomic E-state index is 13.3. The van der Waals surface area contributed by atoms with E-state index in [1.165, 1.54) is 0 Å². The molecule has 0 radical (unpaired) electrons. The Labute approximate surface area is 434 Å². The number of ether oxygens (including phenoxy) is 4. The summed E-state index contributed by atoms with van der Waals surface area (Å²) in [6.07, 6.45) is 2.98. The third-order valence-corrected chi connectivity index (χ3v) is 19.3. The minimum absolute atomic E-state index is 0.0277. The number of carbonyl (C=O) groups is 4. The summed E-state index contributed by atoms with van der Waals surface area (Å²) in [5.74, 6) is -1.37. The number of aliphatic hydroxyl groups is 4. The highest BCUT2D eigenvalue weighted by molar-refractivity contribution is 7.09. The van der Waals surface area contributed by atoms with E-state index in [9.17, 15) is 39.6 Å². The standard InChI is InChI=1S/2C28H41NO6S/c2*1-14(8-19-13-36-17(4)29-19)21-10-23-28(7,35-23)12-18-9-20(18)15(2)25(32)16(3)26(33)27(5,6)22(30)11-24(31)34-21/h2*8,13,15-16,18,20-23,25,30,32H,9-12H2,1-7H3/b2*14-8+/t15-,16+,18+,20+,21-,22-,23-,25-,28+;15-,16+,18-,20-,21-,22-,23-,25-,28+/m00/s1. The van der Waals surface area contributed by atoms with Crippen LogP contribution in [0.1, 0.15) is 156 Å². The highest BCUT2D eigenvalue weighted by atomic mass is 32.1. The lowest BCUT2D eigenvalue weighted by Crippen LogP contribution is -2.46. The number of esters is 2. The molecule has 16 heteroatoms. The number of carbonyl (C=O) groups excluding carboxylic acids is 4. The lowest BCUT2D eigenvalue weighted by atomic mass is 9.72. The first-order chi connectivity index (χ1) is 33.4. The fourth-order valence-corrected chi connectivity index (χ4v) is 13.1. The second kappa shape index (κ2) is 21.4. The molecule has 4 aliphatic heterocycles. The number of aryl methyl sites for hydroxylation is 2. The first-order valence-corrected chi connectivity index (χ1v) is 28.0. The van der Waals surface area contributed by atoms with Gasteiger partial charge in [-0.05, 0) is 126 Å². The summed E-state index contributed by atoms with van der Waals surface area (Å²) in [6, 6.07) is 0. The fraction of sp³-hybridized carbons (Fsp3) is 0.750. The number of rotatable bonds is 4. The third kappa shape index (κ3) is 12.7. The number of thiazole rings is 2. The minimum atomic E-state index is -1.22. The summed E-state index contributed by atoms with van der Waals surface area (Å²) in [5.41, 5.74) is 0.419. The van der Waals surface area contributed by atoms with Gasteiger partial charge >= 0.3 is 11.9 Å². The average Bonchev–Trinajstić information content (AvgIpc) is 4.28. The molecule has 8 rings (SSSR count). The number of nitrogens with zero attached hydrogens (tertiary/aromatic N) is 2. The van der Waals surface area contributed by atoms with Gasteiger partial charge in [-0.1, -0.05) is 55.4 Å². The van der Waals surface area contributed by atoms with Gasteiger partial charge in [0.2, 0.25) is 0 Å². The van der Waals surface area contributed by atoms with E-state index in [0.29, 0.717) is 36.5 Å². The van der Waals surface area contributed by atoms with Crippen molar-refractivity contribution in [2.45, 2.75) is 208 Å². The van der Waals surface area contributed by atoms with Crippen LogP contribution in [0.2, 0.25) is 0 Å². The van der Waals surface area contributed by atoms with E-state index in [4.69, 9.17) is 18.9 Å². The van der Waals surface area contributed by atoms with E-state index in [2.05, 4.69) is 23.8 Å². The molecule has 2 saturated carbocycles. The molecule has 72 heavy (non-hydrogen) atoms. The van der Waals surface area contributed by atoms with Crippen LogP contribution in [-0.4, -0.2) is 114 Å². The number of hydrogen-bond acceptors (Lipinski definition) is 16. The zero-order valence-electron chi connectivity index (χ0n) is 45.0. The van der Waals surface area contributed by atoms with Crippen LogP contribution in [-0.2, 0) is 38.1 Å². The molecular formula is C56H82N2O12S2. The predicted octanol–water partition coefficient (Wildman–Crippen LogP) is 8.67. The number of hydrogen-bond donors (Lipinski definition) is 4. The molecular weight excluding hydrogens is 957 g/mol. The maximum atomic E-state index is 13.3. The molecule has 6 heterocycles. The zero-order chi connectivity index (χ0) is 53.2. The Kier molecular flexibility index (Phi) is 16.8. The molecule has 0 aromatic carbocycles. The van der Waals surface area contributed by atoms with Crippen LogP contribution in [0, 0.1) is 72.0 Å². The summed E-state index contributed by atoms with van der Waals surface area (Å²) in [4.78, 5) is 61.6. The lowest BCUT2D eigenvalue weighted by Gasteiger charge is -2.34.